The maximum Gasteiger partial charge on any atom is 0.320 e. The highest BCUT2D eigenvalue weighted by molar-refractivity contribution is 5.81. The van der Waals surface area contributed by atoms with Gasteiger partial charge >= 0.3 is 5.97 Å². The van der Waals surface area contributed by atoms with E-state index >= 15 is 0 Å². The highest BCUT2D eigenvalue weighted by Crippen LogP contribution is 2.16. The third kappa shape index (κ3) is 5.29. The Hall–Kier alpha value is -1.40. The molecule has 18 heavy (non-hydrogen) atoms. The van der Waals surface area contributed by atoms with Crippen LogP contribution in [0.1, 0.15) is 38.5 Å². The molecule has 1 aliphatic rings. The van der Waals surface area contributed by atoms with Crippen LogP contribution in [0.4, 0.5) is 0 Å². The molecule has 0 aromatic heterocycles. The number of nitrogens with two attached hydrogens (primary N) is 1. The van der Waals surface area contributed by atoms with Gasteiger partial charge in [-0.2, -0.15) is 0 Å². The molecular weight excluding hydrogens is 234 g/mol. The minimum atomic E-state index is -0.987. The number of carboxylic acids is 1. The van der Waals surface area contributed by atoms with Gasteiger partial charge in [0.2, 0.25) is 0 Å². The molecule has 0 fully saturated rings. The van der Waals surface area contributed by atoms with Crippen molar-refractivity contribution in [1.82, 2.24) is 5.48 Å². The fourth-order valence-corrected chi connectivity index (χ4v) is 1.87. The molecule has 1 rings (SSSR count). The van der Waals surface area contributed by atoms with Crippen molar-refractivity contribution < 1.29 is 15.1 Å². The first-order valence-corrected chi connectivity index (χ1v) is 6.23. The fraction of sp³-hybridized carbons (Fsp3) is 0.667. The largest absolute Gasteiger partial charge is 0.480 e. The summed E-state index contributed by atoms with van der Waals surface area (Å²) in [7, 11) is 0. The summed E-state index contributed by atoms with van der Waals surface area (Å²) in [6, 6.07) is -0.687. The van der Waals surface area contributed by atoms with E-state index in [1.54, 1.807) is 6.08 Å². The number of nitrogens with one attached hydrogen (secondary N) is 1. The van der Waals surface area contributed by atoms with Gasteiger partial charge in [-0.3, -0.25) is 20.5 Å². The summed E-state index contributed by atoms with van der Waals surface area (Å²) in [6.45, 7) is 0. The van der Waals surface area contributed by atoms with E-state index < -0.39 is 12.0 Å². The predicted octanol–water partition coefficient (Wildman–Crippen LogP) is 1.05. The number of aliphatic imine (C=N–C) groups is 1. The number of rotatable bonds is 5. The first-order chi connectivity index (χ1) is 8.63. The molecule has 0 bridgehead atoms. The highest BCUT2D eigenvalue weighted by atomic mass is 16.5. The minimum absolute atomic E-state index is 0.152. The molecule has 0 saturated carbocycles. The lowest BCUT2D eigenvalue weighted by Gasteiger charge is -2.08. The van der Waals surface area contributed by atoms with Crippen molar-refractivity contribution in [1.29, 1.82) is 0 Å². The lowest BCUT2D eigenvalue weighted by Crippen LogP contribution is -2.29. The number of carboxylic acid groups (broad SMARTS) is 1. The summed E-state index contributed by atoms with van der Waals surface area (Å²) in [6.07, 6.45) is 8.65. The number of hydrogen-bond donors (Lipinski definition) is 4. The Kier molecular flexibility index (Phi) is 6.38. The van der Waals surface area contributed by atoms with Crippen molar-refractivity contribution in [3.05, 3.63) is 12.2 Å². The van der Waals surface area contributed by atoms with E-state index in [2.05, 4.69) is 10.5 Å². The molecule has 0 amide bonds. The van der Waals surface area contributed by atoms with Gasteiger partial charge in [0.25, 0.3) is 0 Å². The Morgan fingerprint density at radius 1 is 1.56 bits per heavy atom. The van der Waals surface area contributed by atoms with E-state index in [0.29, 0.717) is 12.3 Å². The molecule has 2 atom stereocenters. The smallest absolute Gasteiger partial charge is 0.320 e. The summed E-state index contributed by atoms with van der Waals surface area (Å²) in [5.41, 5.74) is 7.51. The third-order valence-corrected chi connectivity index (χ3v) is 2.95. The first-order valence-electron chi connectivity index (χ1n) is 6.23. The number of hydrogen-bond acceptors (Lipinski definition) is 5. The van der Waals surface area contributed by atoms with Crippen LogP contribution >= 0.6 is 0 Å². The summed E-state index contributed by atoms with van der Waals surface area (Å²) in [4.78, 5) is 14.9. The molecule has 6 nitrogen and oxygen atoms in total. The summed E-state index contributed by atoms with van der Waals surface area (Å²) in [5.74, 6) is -0.355. The second-order valence-electron chi connectivity index (χ2n) is 4.47. The number of hydroxylamine groups is 1. The summed E-state index contributed by atoms with van der Waals surface area (Å²) >= 11 is 0. The van der Waals surface area contributed by atoms with Crippen LogP contribution in [0.25, 0.3) is 0 Å². The molecule has 0 aliphatic carbocycles. The van der Waals surface area contributed by atoms with Crippen LogP contribution in [-0.4, -0.2) is 34.2 Å². The third-order valence-electron chi connectivity index (χ3n) is 2.95. The van der Waals surface area contributed by atoms with Crippen LogP contribution in [-0.2, 0) is 4.79 Å². The van der Waals surface area contributed by atoms with Crippen molar-refractivity contribution in [2.24, 2.45) is 10.7 Å². The molecule has 5 N–H and O–H groups in total. The molecule has 6 heteroatoms. The predicted molar refractivity (Wildman–Crippen MR) is 68.6 cm³/mol. The van der Waals surface area contributed by atoms with E-state index in [1.165, 1.54) is 0 Å². The second kappa shape index (κ2) is 7.84. The lowest BCUT2D eigenvalue weighted by molar-refractivity contribution is -0.138. The first kappa shape index (κ1) is 14.7. The molecule has 0 unspecified atom stereocenters. The molecule has 0 saturated heterocycles. The van der Waals surface area contributed by atoms with Gasteiger partial charge in [-0.1, -0.05) is 18.6 Å². The molecular formula is C12H21N3O3. The topological polar surface area (TPSA) is 108 Å². The van der Waals surface area contributed by atoms with Crippen LogP contribution in [0.15, 0.2) is 17.1 Å². The van der Waals surface area contributed by atoms with Gasteiger partial charge in [0.1, 0.15) is 11.9 Å². The van der Waals surface area contributed by atoms with Crippen molar-refractivity contribution in [2.75, 3.05) is 0 Å². The van der Waals surface area contributed by atoms with Gasteiger partial charge in [0.15, 0.2) is 0 Å². The van der Waals surface area contributed by atoms with Gasteiger partial charge in [-0.05, 0) is 25.7 Å². The number of nitrogens with zero attached hydrogens (tertiary/aromatic N) is 1. The van der Waals surface area contributed by atoms with Crippen molar-refractivity contribution >= 4 is 11.8 Å². The van der Waals surface area contributed by atoms with Crippen LogP contribution in [0.5, 0.6) is 0 Å². The van der Waals surface area contributed by atoms with Gasteiger partial charge in [0.05, 0.1) is 6.04 Å². The maximum absolute atomic E-state index is 10.5. The normalized spacial score (nSPS) is 22.3. The lowest BCUT2D eigenvalue weighted by atomic mass is 10.1. The SMILES string of the molecule is N[C@H](C/C=C/C[C@H]1CCCCC(NO)=N1)C(=O)O. The molecule has 1 aliphatic heterocycles. The molecule has 0 radical (unpaired) electrons. The second-order valence-corrected chi connectivity index (χ2v) is 4.47. The number of aliphatic carboxylic acids is 1. The summed E-state index contributed by atoms with van der Waals surface area (Å²) < 4.78 is 0. The van der Waals surface area contributed by atoms with E-state index in [1.807, 2.05) is 6.08 Å². The van der Waals surface area contributed by atoms with Crippen LogP contribution in [0.2, 0.25) is 0 Å². The Labute approximate surface area is 107 Å². The van der Waals surface area contributed by atoms with E-state index in [-0.39, 0.29) is 6.04 Å². The molecule has 0 aromatic carbocycles. The van der Waals surface area contributed by atoms with Crippen molar-refractivity contribution in [3.63, 3.8) is 0 Å². The molecule has 102 valence electrons. The highest BCUT2D eigenvalue weighted by Gasteiger charge is 2.12. The average molecular weight is 255 g/mol. The van der Waals surface area contributed by atoms with Crippen molar-refractivity contribution in [2.45, 2.75) is 50.6 Å². The standard InChI is InChI=1S/C12H21N3O3/c13-10(12(16)17)7-3-1-5-9-6-2-4-8-11(14-9)15-18/h1,3,9-10,18H,2,4-8,13H2,(H,14,15)(H,16,17)/b3-1+/t9-,10+/m0/s1. The molecule has 0 spiro atoms. The van der Waals surface area contributed by atoms with Gasteiger partial charge in [-0.25, -0.2) is 0 Å². The van der Waals surface area contributed by atoms with Gasteiger partial charge < -0.3 is 10.8 Å². The number of amidine groups is 1. The van der Waals surface area contributed by atoms with Gasteiger partial charge in [0, 0.05) is 6.42 Å². The monoisotopic (exact) mass is 255 g/mol. The van der Waals surface area contributed by atoms with Crippen LogP contribution in [0.3, 0.4) is 0 Å². The fourth-order valence-electron chi connectivity index (χ4n) is 1.87. The molecule has 1 heterocycles. The Bertz CT molecular complexity index is 329. The minimum Gasteiger partial charge on any atom is -0.480 e. The zero-order valence-electron chi connectivity index (χ0n) is 10.4. The Morgan fingerprint density at radius 2 is 2.33 bits per heavy atom. The van der Waals surface area contributed by atoms with E-state index in [9.17, 15) is 4.79 Å². The zero-order valence-corrected chi connectivity index (χ0v) is 10.4. The number of carbonyl (C=O) groups is 1. The van der Waals surface area contributed by atoms with Crippen molar-refractivity contribution in [3.8, 4) is 0 Å². The van der Waals surface area contributed by atoms with Gasteiger partial charge in [-0.15, -0.1) is 0 Å². The summed E-state index contributed by atoms with van der Waals surface area (Å²) in [5, 5.41) is 17.5. The quantitative estimate of drug-likeness (QED) is 0.434. The van der Waals surface area contributed by atoms with E-state index in [0.717, 1.165) is 32.1 Å². The Morgan fingerprint density at radius 3 is 3.00 bits per heavy atom. The van der Waals surface area contributed by atoms with Crippen LogP contribution in [0, 0.1) is 0 Å². The Balaban J connectivity index is 2.37. The van der Waals surface area contributed by atoms with Crippen LogP contribution < -0.4 is 11.2 Å². The average Bonchev–Trinajstić information content (AvgIpc) is 2.59. The maximum atomic E-state index is 10.5. The van der Waals surface area contributed by atoms with E-state index in [4.69, 9.17) is 16.0 Å². The zero-order chi connectivity index (χ0) is 13.4. The molecule has 0 aromatic rings.